The largest absolute Gasteiger partial charge is 0.473 e. The van der Waals surface area contributed by atoms with Crippen LogP contribution in [0, 0.1) is 0 Å². The number of fused-ring (bicyclic) bond motifs is 1. The normalized spacial score (nSPS) is 17.6. The minimum Gasteiger partial charge on any atom is -0.473 e. The SMILES string of the molecule is CN1CN(c2ccccc2)C2(CCN(Cc3csc4ccccc34)CC2)C1=O.O=C(O)C(=O)O. The zero-order chi connectivity index (χ0) is 24.3. The highest BCUT2D eigenvalue weighted by Gasteiger charge is 2.52. The fraction of sp³-hybridized carbons (Fsp3) is 0.320. The first-order valence-corrected chi connectivity index (χ1v) is 11.9. The number of hydrogen-bond acceptors (Lipinski definition) is 6. The lowest BCUT2D eigenvalue weighted by Crippen LogP contribution is -2.56. The zero-order valence-corrected chi connectivity index (χ0v) is 19.7. The van der Waals surface area contributed by atoms with Gasteiger partial charge in [-0.1, -0.05) is 36.4 Å². The van der Waals surface area contributed by atoms with E-state index in [1.807, 2.05) is 29.4 Å². The maximum atomic E-state index is 13.1. The molecule has 2 aromatic carbocycles. The smallest absolute Gasteiger partial charge is 0.414 e. The van der Waals surface area contributed by atoms with Crippen molar-refractivity contribution in [2.45, 2.75) is 24.9 Å². The maximum Gasteiger partial charge on any atom is 0.414 e. The van der Waals surface area contributed by atoms with Crippen LogP contribution >= 0.6 is 11.3 Å². The van der Waals surface area contributed by atoms with Crippen molar-refractivity contribution in [3.8, 4) is 0 Å². The van der Waals surface area contributed by atoms with Gasteiger partial charge in [-0.2, -0.15) is 0 Å². The van der Waals surface area contributed by atoms with Crippen molar-refractivity contribution >= 4 is 45.0 Å². The van der Waals surface area contributed by atoms with Crippen molar-refractivity contribution in [2.75, 3.05) is 31.7 Å². The fourth-order valence-corrected chi connectivity index (χ4v) is 5.73. The van der Waals surface area contributed by atoms with E-state index in [2.05, 4.69) is 63.7 Å². The van der Waals surface area contributed by atoms with Crippen molar-refractivity contribution < 1.29 is 24.6 Å². The van der Waals surface area contributed by atoms with Gasteiger partial charge in [-0.3, -0.25) is 9.69 Å². The Morgan fingerprint density at radius 1 is 0.971 bits per heavy atom. The van der Waals surface area contributed by atoms with Crippen LogP contribution in [0.4, 0.5) is 5.69 Å². The van der Waals surface area contributed by atoms with Crippen molar-refractivity contribution in [3.05, 3.63) is 65.5 Å². The summed E-state index contributed by atoms with van der Waals surface area (Å²) in [4.78, 5) is 38.0. The van der Waals surface area contributed by atoms with Crippen LogP contribution in [-0.4, -0.2) is 70.2 Å². The molecule has 0 bridgehead atoms. The van der Waals surface area contributed by atoms with E-state index in [1.165, 1.54) is 15.6 Å². The summed E-state index contributed by atoms with van der Waals surface area (Å²) < 4.78 is 1.36. The van der Waals surface area contributed by atoms with Gasteiger partial charge in [0.2, 0.25) is 5.91 Å². The molecule has 1 amide bonds. The number of carbonyl (C=O) groups excluding carboxylic acids is 1. The summed E-state index contributed by atoms with van der Waals surface area (Å²) in [6.45, 7) is 3.55. The summed E-state index contributed by atoms with van der Waals surface area (Å²) in [7, 11) is 1.93. The molecule has 0 radical (unpaired) electrons. The molecule has 3 aromatic rings. The number of carboxylic acids is 2. The first kappa shape index (κ1) is 23.7. The van der Waals surface area contributed by atoms with Crippen molar-refractivity contribution in [1.29, 1.82) is 0 Å². The predicted molar refractivity (Wildman–Crippen MR) is 131 cm³/mol. The van der Waals surface area contributed by atoms with E-state index in [4.69, 9.17) is 19.8 Å². The molecule has 1 spiro atoms. The monoisotopic (exact) mass is 481 g/mol. The summed E-state index contributed by atoms with van der Waals surface area (Å²) in [5.41, 5.74) is 2.17. The molecule has 3 heterocycles. The standard InChI is InChI=1S/C23H25N3OS.C2H2O4/c1-24-17-26(19-7-3-2-4-8-19)23(22(24)27)11-13-25(14-12-23)15-18-16-28-21-10-6-5-9-20(18)21;3-1(4)2(5)6/h2-10,16H,11-15,17H2,1H3;(H,3,4)(H,5,6). The molecule has 5 rings (SSSR count). The van der Waals surface area contributed by atoms with Gasteiger partial charge in [0, 0.05) is 37.1 Å². The third-order valence-corrected chi connectivity index (χ3v) is 7.52. The quantitative estimate of drug-likeness (QED) is 0.554. The molecule has 2 aliphatic rings. The lowest BCUT2D eigenvalue weighted by atomic mass is 9.85. The Labute approximate surface area is 201 Å². The lowest BCUT2D eigenvalue weighted by molar-refractivity contribution is -0.159. The molecule has 1 aromatic heterocycles. The highest BCUT2D eigenvalue weighted by Crippen LogP contribution is 2.39. The number of carbonyl (C=O) groups is 3. The number of thiophene rings is 1. The Kier molecular flexibility index (Phi) is 6.85. The Morgan fingerprint density at radius 3 is 2.24 bits per heavy atom. The molecule has 0 aliphatic carbocycles. The van der Waals surface area contributed by atoms with E-state index >= 15 is 0 Å². The topological polar surface area (TPSA) is 101 Å². The summed E-state index contributed by atoms with van der Waals surface area (Å²) in [5, 5.41) is 18.4. The van der Waals surface area contributed by atoms with Gasteiger partial charge in [0.15, 0.2) is 0 Å². The van der Waals surface area contributed by atoms with Crippen LogP contribution < -0.4 is 4.90 Å². The minimum absolute atomic E-state index is 0.275. The van der Waals surface area contributed by atoms with E-state index < -0.39 is 11.9 Å². The second kappa shape index (κ2) is 9.82. The van der Waals surface area contributed by atoms with Crippen LogP contribution in [0.15, 0.2) is 60.0 Å². The number of likely N-dealkylation sites (tertiary alicyclic amines) is 1. The zero-order valence-electron chi connectivity index (χ0n) is 18.9. The van der Waals surface area contributed by atoms with Gasteiger partial charge < -0.3 is 20.0 Å². The number of piperidine rings is 1. The van der Waals surface area contributed by atoms with Gasteiger partial charge in [0.05, 0.1) is 6.67 Å². The maximum absolute atomic E-state index is 13.1. The van der Waals surface area contributed by atoms with Gasteiger partial charge in [-0.15, -0.1) is 11.3 Å². The first-order chi connectivity index (χ1) is 16.3. The summed E-state index contributed by atoms with van der Waals surface area (Å²) in [6.07, 6.45) is 1.76. The molecular formula is C25H27N3O5S. The molecule has 2 aliphatic heterocycles. The van der Waals surface area contributed by atoms with Crippen LogP contribution in [0.2, 0.25) is 0 Å². The molecule has 0 unspecified atom stereocenters. The highest BCUT2D eigenvalue weighted by atomic mass is 32.1. The van der Waals surface area contributed by atoms with E-state index in [9.17, 15) is 4.79 Å². The average Bonchev–Trinajstić information content (AvgIpc) is 3.36. The summed E-state index contributed by atoms with van der Waals surface area (Å²) >= 11 is 1.82. The van der Waals surface area contributed by atoms with E-state index in [-0.39, 0.29) is 11.4 Å². The summed E-state index contributed by atoms with van der Waals surface area (Å²) in [6, 6.07) is 19.0. The molecule has 9 heteroatoms. The Morgan fingerprint density at radius 2 is 1.59 bits per heavy atom. The number of anilines is 1. The van der Waals surface area contributed by atoms with Gasteiger partial charge in [0.25, 0.3) is 0 Å². The molecule has 2 fully saturated rings. The van der Waals surface area contributed by atoms with Gasteiger partial charge >= 0.3 is 11.9 Å². The van der Waals surface area contributed by atoms with Gasteiger partial charge in [-0.25, -0.2) is 9.59 Å². The van der Waals surface area contributed by atoms with Crippen LogP contribution in [-0.2, 0) is 20.9 Å². The molecule has 2 N–H and O–H groups in total. The number of amides is 1. The molecule has 0 saturated carbocycles. The lowest BCUT2D eigenvalue weighted by Gasteiger charge is -2.43. The van der Waals surface area contributed by atoms with Crippen molar-refractivity contribution in [1.82, 2.24) is 9.80 Å². The molecular weight excluding hydrogens is 454 g/mol. The summed E-state index contributed by atoms with van der Waals surface area (Å²) in [5.74, 6) is -3.37. The van der Waals surface area contributed by atoms with Crippen LogP contribution in [0.5, 0.6) is 0 Å². The predicted octanol–water partition coefficient (Wildman–Crippen LogP) is 3.33. The van der Waals surface area contributed by atoms with Crippen LogP contribution in [0.25, 0.3) is 10.1 Å². The number of carboxylic acid groups (broad SMARTS) is 2. The Bertz CT molecular complexity index is 1180. The first-order valence-electron chi connectivity index (χ1n) is 11.0. The molecule has 34 heavy (non-hydrogen) atoms. The average molecular weight is 482 g/mol. The van der Waals surface area contributed by atoms with Crippen molar-refractivity contribution in [3.63, 3.8) is 0 Å². The van der Waals surface area contributed by atoms with E-state index in [0.717, 1.165) is 38.2 Å². The number of likely N-dealkylation sites (N-methyl/N-ethyl adjacent to an activating group) is 1. The van der Waals surface area contributed by atoms with E-state index in [1.54, 1.807) is 0 Å². The number of nitrogens with zero attached hydrogens (tertiary/aromatic N) is 3. The number of aliphatic carboxylic acids is 2. The van der Waals surface area contributed by atoms with Gasteiger partial charge in [0.1, 0.15) is 5.54 Å². The van der Waals surface area contributed by atoms with E-state index in [0.29, 0.717) is 6.67 Å². The van der Waals surface area contributed by atoms with Gasteiger partial charge in [-0.05, 0) is 47.4 Å². The third kappa shape index (κ3) is 4.62. The Balaban J connectivity index is 0.000000408. The molecule has 178 valence electrons. The molecule has 0 atom stereocenters. The van der Waals surface area contributed by atoms with Crippen LogP contribution in [0.3, 0.4) is 0 Å². The third-order valence-electron chi connectivity index (χ3n) is 6.50. The van der Waals surface area contributed by atoms with Crippen molar-refractivity contribution in [2.24, 2.45) is 0 Å². The minimum atomic E-state index is -1.82. The highest BCUT2D eigenvalue weighted by molar-refractivity contribution is 7.17. The van der Waals surface area contributed by atoms with Crippen LogP contribution in [0.1, 0.15) is 18.4 Å². The number of para-hydroxylation sites is 1. The second-order valence-corrected chi connectivity index (χ2v) is 9.49. The second-order valence-electron chi connectivity index (χ2n) is 8.58. The fourth-order valence-electron chi connectivity index (χ4n) is 4.78. The molecule has 8 nitrogen and oxygen atoms in total. The molecule has 2 saturated heterocycles. The Hall–Kier alpha value is -3.43. The number of hydrogen-bond donors (Lipinski definition) is 2. The number of rotatable bonds is 3. The number of benzene rings is 2.